The minimum Gasteiger partial charge on any atom is -0.309 e. The number of hydrogen-bond acceptors (Lipinski definition) is 3. The Morgan fingerprint density at radius 2 is 0.430 bits per heavy atom. The van der Waals surface area contributed by atoms with Crippen molar-refractivity contribution >= 4 is 43.6 Å². The molecule has 0 saturated heterocycles. The highest BCUT2D eigenvalue weighted by molar-refractivity contribution is 6.11. The highest BCUT2D eigenvalue weighted by Gasteiger charge is 2.22. The molecular formula is C81H53N5. The van der Waals surface area contributed by atoms with Crippen molar-refractivity contribution in [3.63, 3.8) is 0 Å². The molecule has 402 valence electrons. The topological polar surface area (TPSA) is 48.5 Å². The molecule has 5 nitrogen and oxygen atoms in total. The van der Waals surface area contributed by atoms with Gasteiger partial charge in [0.25, 0.3) is 0 Å². The first kappa shape index (κ1) is 50.2. The molecule has 0 fully saturated rings. The van der Waals surface area contributed by atoms with Gasteiger partial charge in [0.2, 0.25) is 0 Å². The fraction of sp³-hybridized carbons (Fsp3) is 0. The Labute approximate surface area is 498 Å². The monoisotopic (exact) mass is 1100 g/mol. The summed E-state index contributed by atoms with van der Waals surface area (Å²) in [5, 5.41) is 4.80. The van der Waals surface area contributed by atoms with Crippen LogP contribution in [0.1, 0.15) is 0 Å². The lowest BCUT2D eigenvalue weighted by Crippen LogP contribution is -2.03. The fourth-order valence-electron chi connectivity index (χ4n) is 12.7. The second-order valence-corrected chi connectivity index (χ2v) is 21.9. The van der Waals surface area contributed by atoms with Gasteiger partial charge in [-0.05, 0) is 141 Å². The maximum absolute atomic E-state index is 5.52. The zero-order valence-corrected chi connectivity index (χ0v) is 46.8. The zero-order valence-electron chi connectivity index (χ0n) is 46.8. The molecule has 0 saturated carbocycles. The van der Waals surface area contributed by atoms with Crippen molar-refractivity contribution in [2.45, 2.75) is 0 Å². The van der Waals surface area contributed by atoms with Gasteiger partial charge in [-0.1, -0.05) is 237 Å². The van der Waals surface area contributed by atoms with E-state index in [9.17, 15) is 0 Å². The van der Waals surface area contributed by atoms with E-state index in [0.29, 0.717) is 17.5 Å². The molecule has 0 bridgehead atoms. The fourth-order valence-corrected chi connectivity index (χ4v) is 12.7. The standard InChI is InChI=1S/C81H53N5/c1-4-22-54(23-5-1)57-28-18-30-59(48-57)61-32-20-34-63(50-61)71-52-65(44-46-77(71)85-73-40-14-10-36-67(73)68-37-11-15-41-74(68)85)80-82-79(56-26-8-3-9-27-56)83-81(84-80)66-45-47-78(86-75-42-16-12-38-69(75)70-39-13-17-43-76(70)86)72(53-66)64-35-21-33-62(51-64)60-31-19-29-58(49-60)55-24-6-2-7-25-55/h1-53H. The molecule has 0 atom stereocenters. The van der Waals surface area contributed by atoms with E-state index in [1.807, 2.05) is 18.2 Å². The number of aromatic nitrogens is 5. The minimum absolute atomic E-state index is 0.573. The SMILES string of the molecule is c1ccc(-c2cccc(-c3cccc(-c4cc(-c5nc(-c6ccccc6)nc(-c6ccc(-n7c8ccccc8c8ccccc87)c(-c7cccc(-c8cccc(-c9ccccc9)c8)c7)c6)n5)ccc4-n4c5ccccc5c5ccccc54)c3)c2)cc1. The van der Waals surface area contributed by atoms with Crippen molar-refractivity contribution in [1.29, 1.82) is 0 Å². The summed E-state index contributed by atoms with van der Waals surface area (Å²) in [6.45, 7) is 0. The number of para-hydroxylation sites is 4. The van der Waals surface area contributed by atoms with E-state index in [4.69, 9.17) is 15.0 Å². The molecular weight excluding hydrogens is 1040 g/mol. The third-order valence-corrected chi connectivity index (χ3v) is 16.8. The van der Waals surface area contributed by atoms with Gasteiger partial charge in [0.1, 0.15) is 0 Å². The normalized spacial score (nSPS) is 11.5. The Morgan fingerprint density at radius 1 is 0.174 bits per heavy atom. The van der Waals surface area contributed by atoms with Crippen LogP contribution in [0.5, 0.6) is 0 Å². The average Bonchev–Trinajstić information content (AvgIpc) is 2.66. The minimum atomic E-state index is 0.573. The summed E-state index contributed by atoms with van der Waals surface area (Å²) in [6.07, 6.45) is 0. The number of fused-ring (bicyclic) bond motifs is 6. The molecule has 16 rings (SSSR count). The highest BCUT2D eigenvalue weighted by Crippen LogP contribution is 2.43. The van der Waals surface area contributed by atoms with Gasteiger partial charge < -0.3 is 9.13 Å². The van der Waals surface area contributed by atoms with Crippen molar-refractivity contribution in [2.24, 2.45) is 0 Å². The second-order valence-electron chi connectivity index (χ2n) is 21.9. The van der Waals surface area contributed by atoms with Crippen molar-refractivity contribution < 1.29 is 0 Å². The Hall–Kier alpha value is -11.5. The first-order chi connectivity index (χ1) is 42.6. The van der Waals surface area contributed by atoms with Gasteiger partial charge in [-0.25, -0.2) is 15.0 Å². The van der Waals surface area contributed by atoms with Crippen molar-refractivity contribution in [2.75, 3.05) is 0 Å². The third kappa shape index (κ3) is 9.03. The molecule has 86 heavy (non-hydrogen) atoms. The Balaban J connectivity index is 0.896. The van der Waals surface area contributed by atoms with Crippen LogP contribution in [0.25, 0.3) is 156 Å². The Morgan fingerprint density at radius 3 is 0.779 bits per heavy atom. The van der Waals surface area contributed by atoms with Gasteiger partial charge in [0.15, 0.2) is 17.5 Å². The quantitative estimate of drug-likeness (QED) is 0.130. The summed E-state index contributed by atoms with van der Waals surface area (Å²) in [5.41, 5.74) is 22.8. The molecule has 0 aliphatic heterocycles. The molecule has 13 aromatic carbocycles. The smallest absolute Gasteiger partial charge is 0.164 e. The van der Waals surface area contributed by atoms with E-state index in [0.717, 1.165) is 94.6 Å². The highest BCUT2D eigenvalue weighted by atomic mass is 15.0. The lowest BCUT2D eigenvalue weighted by molar-refractivity contribution is 1.07. The van der Waals surface area contributed by atoms with Crippen LogP contribution in [0.4, 0.5) is 0 Å². The summed E-state index contributed by atoms with van der Waals surface area (Å²) in [5.74, 6) is 1.74. The molecule has 0 amide bonds. The molecule has 0 N–H and O–H groups in total. The molecule has 16 aromatic rings. The molecule has 0 unspecified atom stereocenters. The summed E-state index contributed by atoms with van der Waals surface area (Å²) in [7, 11) is 0. The van der Waals surface area contributed by atoms with E-state index >= 15 is 0 Å². The number of benzene rings is 13. The summed E-state index contributed by atoms with van der Waals surface area (Å²) < 4.78 is 4.83. The van der Waals surface area contributed by atoms with Crippen molar-refractivity contribution in [1.82, 2.24) is 24.1 Å². The van der Waals surface area contributed by atoms with E-state index in [1.54, 1.807) is 0 Å². The lowest BCUT2D eigenvalue weighted by Gasteiger charge is -2.18. The largest absolute Gasteiger partial charge is 0.309 e. The first-order valence-corrected chi connectivity index (χ1v) is 29.2. The maximum atomic E-state index is 5.52. The molecule has 5 heteroatoms. The van der Waals surface area contributed by atoms with E-state index in [2.05, 4.69) is 312 Å². The maximum Gasteiger partial charge on any atom is 0.164 e. The van der Waals surface area contributed by atoms with Gasteiger partial charge in [0.05, 0.1) is 33.4 Å². The van der Waals surface area contributed by atoms with Gasteiger partial charge in [0, 0.05) is 49.4 Å². The molecule has 3 aromatic heterocycles. The van der Waals surface area contributed by atoms with Crippen molar-refractivity contribution in [3.05, 3.63) is 322 Å². The van der Waals surface area contributed by atoms with Crippen molar-refractivity contribution in [3.8, 4) is 112 Å². The van der Waals surface area contributed by atoms with Crippen LogP contribution >= 0.6 is 0 Å². The second kappa shape index (κ2) is 21.3. The Kier molecular flexibility index (Phi) is 12.5. The van der Waals surface area contributed by atoms with Crippen LogP contribution in [0.3, 0.4) is 0 Å². The van der Waals surface area contributed by atoms with Crippen LogP contribution in [0.2, 0.25) is 0 Å². The number of hydrogen-bond donors (Lipinski definition) is 0. The van der Waals surface area contributed by atoms with Crippen LogP contribution < -0.4 is 0 Å². The average molecular weight is 1100 g/mol. The van der Waals surface area contributed by atoms with Crippen LogP contribution in [0.15, 0.2) is 322 Å². The summed E-state index contributed by atoms with van der Waals surface area (Å²) >= 11 is 0. The predicted molar refractivity (Wildman–Crippen MR) is 357 cm³/mol. The molecule has 0 aliphatic rings. The van der Waals surface area contributed by atoms with E-state index in [1.165, 1.54) is 43.8 Å². The Bertz CT molecular complexity index is 4820. The van der Waals surface area contributed by atoms with Gasteiger partial charge in [-0.3, -0.25) is 0 Å². The molecule has 0 radical (unpaired) electrons. The van der Waals surface area contributed by atoms with E-state index in [-0.39, 0.29) is 0 Å². The van der Waals surface area contributed by atoms with Gasteiger partial charge in [-0.15, -0.1) is 0 Å². The third-order valence-electron chi connectivity index (χ3n) is 16.8. The van der Waals surface area contributed by atoms with Gasteiger partial charge >= 0.3 is 0 Å². The van der Waals surface area contributed by atoms with E-state index < -0.39 is 0 Å². The zero-order chi connectivity index (χ0) is 56.9. The summed E-state index contributed by atoms with van der Waals surface area (Å²) in [6, 6.07) is 115. The summed E-state index contributed by atoms with van der Waals surface area (Å²) in [4.78, 5) is 16.3. The van der Waals surface area contributed by atoms with Gasteiger partial charge in [-0.2, -0.15) is 0 Å². The van der Waals surface area contributed by atoms with Crippen LogP contribution in [-0.4, -0.2) is 24.1 Å². The molecule has 3 heterocycles. The number of rotatable bonds is 11. The number of nitrogens with zero attached hydrogens (tertiary/aromatic N) is 5. The predicted octanol–water partition coefficient (Wildman–Crippen LogP) is 21.1. The van der Waals surface area contributed by atoms with Crippen LogP contribution in [0, 0.1) is 0 Å². The van der Waals surface area contributed by atoms with Crippen LogP contribution in [-0.2, 0) is 0 Å². The molecule has 0 aliphatic carbocycles. The first-order valence-electron chi connectivity index (χ1n) is 29.2. The lowest BCUT2D eigenvalue weighted by atomic mass is 9.94. The molecule has 0 spiro atoms.